The number of para-hydroxylation sites is 2. The molecule has 3 aromatic rings. The van der Waals surface area contributed by atoms with Gasteiger partial charge in [0.15, 0.2) is 0 Å². The van der Waals surface area contributed by atoms with E-state index in [2.05, 4.69) is 4.98 Å². The van der Waals surface area contributed by atoms with E-state index in [-0.39, 0.29) is 0 Å². The molecule has 2 aromatic carbocycles. The topological polar surface area (TPSA) is 31.4 Å². The molecule has 0 fully saturated rings. The summed E-state index contributed by atoms with van der Waals surface area (Å²) in [5.41, 5.74) is 3.92. The van der Waals surface area contributed by atoms with Gasteiger partial charge in [-0.25, -0.2) is 0 Å². The van der Waals surface area contributed by atoms with E-state index in [0.717, 1.165) is 33.9 Å². The second-order valence-electron chi connectivity index (χ2n) is 4.83. The fourth-order valence-corrected chi connectivity index (χ4v) is 2.45. The fourth-order valence-electron chi connectivity index (χ4n) is 2.45. The summed E-state index contributed by atoms with van der Waals surface area (Å²) < 4.78 is 10.8. The summed E-state index contributed by atoms with van der Waals surface area (Å²) >= 11 is 0. The van der Waals surface area contributed by atoms with Crippen molar-refractivity contribution < 1.29 is 9.47 Å². The molecule has 22 heavy (non-hydrogen) atoms. The van der Waals surface area contributed by atoms with Crippen molar-refractivity contribution >= 4 is 0 Å². The van der Waals surface area contributed by atoms with E-state index in [9.17, 15) is 0 Å². The predicted molar refractivity (Wildman–Crippen MR) is 88.2 cm³/mol. The Hall–Kier alpha value is -2.81. The van der Waals surface area contributed by atoms with E-state index in [4.69, 9.17) is 9.47 Å². The van der Waals surface area contributed by atoms with Gasteiger partial charge in [-0.15, -0.1) is 0 Å². The van der Waals surface area contributed by atoms with Crippen LogP contribution in [0.2, 0.25) is 0 Å². The zero-order valence-corrected chi connectivity index (χ0v) is 12.6. The minimum Gasteiger partial charge on any atom is -0.496 e. The number of benzene rings is 2. The molecule has 0 saturated heterocycles. The summed E-state index contributed by atoms with van der Waals surface area (Å²) in [6.45, 7) is 0. The van der Waals surface area contributed by atoms with Crippen LogP contribution in [0.1, 0.15) is 0 Å². The first kappa shape index (κ1) is 14.1. The molecule has 0 saturated carbocycles. The third-order valence-electron chi connectivity index (χ3n) is 3.56. The maximum absolute atomic E-state index is 5.40. The van der Waals surface area contributed by atoms with Gasteiger partial charge in [0, 0.05) is 22.9 Å². The van der Waals surface area contributed by atoms with Gasteiger partial charge in [-0.05, 0) is 24.3 Å². The predicted octanol–water partition coefficient (Wildman–Crippen LogP) is 4.43. The third kappa shape index (κ3) is 2.66. The Morgan fingerprint density at radius 2 is 1.27 bits per heavy atom. The minimum atomic E-state index is 0.819. The molecule has 0 radical (unpaired) electrons. The Morgan fingerprint density at radius 3 is 1.86 bits per heavy atom. The zero-order valence-electron chi connectivity index (χ0n) is 12.6. The molecule has 0 aliphatic carbocycles. The molecule has 0 spiro atoms. The summed E-state index contributed by atoms with van der Waals surface area (Å²) in [5.74, 6) is 1.66. The monoisotopic (exact) mass is 291 g/mol. The highest BCUT2D eigenvalue weighted by Crippen LogP contribution is 2.32. The lowest BCUT2D eigenvalue weighted by Crippen LogP contribution is -1.91. The van der Waals surface area contributed by atoms with Gasteiger partial charge < -0.3 is 9.47 Å². The van der Waals surface area contributed by atoms with Gasteiger partial charge in [0.25, 0.3) is 0 Å². The van der Waals surface area contributed by atoms with Crippen molar-refractivity contribution in [1.29, 1.82) is 0 Å². The van der Waals surface area contributed by atoms with Crippen LogP contribution < -0.4 is 9.47 Å². The summed E-state index contributed by atoms with van der Waals surface area (Å²) in [7, 11) is 3.34. The molecule has 0 aliphatic heterocycles. The highest BCUT2D eigenvalue weighted by Gasteiger charge is 2.08. The van der Waals surface area contributed by atoms with E-state index >= 15 is 0 Å². The van der Waals surface area contributed by atoms with Gasteiger partial charge in [-0.3, -0.25) is 4.98 Å². The van der Waals surface area contributed by atoms with Crippen LogP contribution in [-0.2, 0) is 0 Å². The lowest BCUT2D eigenvalue weighted by atomic mass is 10.0. The number of rotatable bonds is 4. The highest BCUT2D eigenvalue weighted by molar-refractivity contribution is 5.73. The van der Waals surface area contributed by atoms with E-state index < -0.39 is 0 Å². The van der Waals surface area contributed by atoms with Crippen molar-refractivity contribution in [3.8, 4) is 33.9 Å². The zero-order chi connectivity index (χ0) is 15.4. The molecule has 110 valence electrons. The van der Waals surface area contributed by atoms with E-state index in [1.54, 1.807) is 14.2 Å². The number of hydrogen-bond acceptors (Lipinski definition) is 3. The molecule has 0 bridgehead atoms. The molecule has 3 rings (SSSR count). The Balaban J connectivity index is 2.00. The Morgan fingerprint density at radius 1 is 0.682 bits per heavy atom. The molecule has 0 unspecified atom stereocenters. The Bertz CT molecular complexity index is 700. The Kier molecular flexibility index (Phi) is 4.05. The SMILES string of the molecule is COc1ccccc1-c1ccc(-c2ccccc2OC)nc1. The molecule has 1 heterocycles. The quantitative estimate of drug-likeness (QED) is 0.712. The van der Waals surface area contributed by atoms with E-state index in [0.29, 0.717) is 0 Å². The molecule has 3 heteroatoms. The highest BCUT2D eigenvalue weighted by atomic mass is 16.5. The first-order valence-corrected chi connectivity index (χ1v) is 7.06. The largest absolute Gasteiger partial charge is 0.496 e. The number of pyridine rings is 1. The lowest BCUT2D eigenvalue weighted by molar-refractivity contribution is 0.416. The van der Waals surface area contributed by atoms with Crippen LogP contribution in [0.4, 0.5) is 0 Å². The van der Waals surface area contributed by atoms with Crippen molar-refractivity contribution in [2.24, 2.45) is 0 Å². The lowest BCUT2D eigenvalue weighted by Gasteiger charge is -2.10. The Labute approximate surface area is 130 Å². The van der Waals surface area contributed by atoms with Crippen molar-refractivity contribution in [2.75, 3.05) is 14.2 Å². The molecule has 0 amide bonds. The summed E-state index contributed by atoms with van der Waals surface area (Å²) in [5, 5.41) is 0. The molecule has 3 nitrogen and oxygen atoms in total. The summed E-state index contributed by atoms with van der Waals surface area (Å²) in [4.78, 5) is 4.57. The third-order valence-corrected chi connectivity index (χ3v) is 3.56. The number of nitrogens with zero attached hydrogens (tertiary/aromatic N) is 1. The molecular formula is C19H17NO2. The number of aromatic nitrogens is 1. The van der Waals surface area contributed by atoms with Crippen molar-refractivity contribution in [3.63, 3.8) is 0 Å². The van der Waals surface area contributed by atoms with Crippen LogP contribution in [0.3, 0.4) is 0 Å². The maximum Gasteiger partial charge on any atom is 0.128 e. The molecule has 0 aliphatic rings. The fraction of sp³-hybridized carbons (Fsp3) is 0.105. The average Bonchev–Trinajstić information content (AvgIpc) is 2.62. The molecule has 0 N–H and O–H groups in total. The van der Waals surface area contributed by atoms with Crippen molar-refractivity contribution in [2.45, 2.75) is 0 Å². The van der Waals surface area contributed by atoms with Gasteiger partial charge in [-0.1, -0.05) is 36.4 Å². The van der Waals surface area contributed by atoms with Crippen LogP contribution in [0.15, 0.2) is 66.9 Å². The van der Waals surface area contributed by atoms with Crippen LogP contribution in [0.25, 0.3) is 22.4 Å². The van der Waals surface area contributed by atoms with E-state index in [1.165, 1.54) is 0 Å². The number of hydrogen-bond donors (Lipinski definition) is 0. The standard InChI is InChI=1S/C19H17NO2/c1-21-18-9-5-3-7-15(18)14-11-12-17(20-13-14)16-8-4-6-10-19(16)22-2/h3-13H,1-2H3. The second-order valence-corrected chi connectivity index (χ2v) is 4.83. The number of methoxy groups -OCH3 is 2. The van der Waals surface area contributed by atoms with Crippen LogP contribution in [0, 0.1) is 0 Å². The van der Waals surface area contributed by atoms with Crippen molar-refractivity contribution in [3.05, 3.63) is 66.9 Å². The molecular weight excluding hydrogens is 274 g/mol. The van der Waals surface area contributed by atoms with Gasteiger partial charge in [0.1, 0.15) is 11.5 Å². The normalized spacial score (nSPS) is 10.3. The van der Waals surface area contributed by atoms with Gasteiger partial charge in [0.05, 0.1) is 19.9 Å². The smallest absolute Gasteiger partial charge is 0.128 e. The maximum atomic E-state index is 5.40. The number of ether oxygens (including phenoxy) is 2. The second kappa shape index (κ2) is 6.31. The van der Waals surface area contributed by atoms with Gasteiger partial charge in [-0.2, -0.15) is 0 Å². The van der Waals surface area contributed by atoms with Crippen LogP contribution in [0.5, 0.6) is 11.5 Å². The van der Waals surface area contributed by atoms with Crippen molar-refractivity contribution in [1.82, 2.24) is 4.98 Å². The summed E-state index contributed by atoms with van der Waals surface area (Å²) in [6, 6.07) is 19.8. The average molecular weight is 291 g/mol. The first-order chi connectivity index (χ1) is 10.8. The van der Waals surface area contributed by atoms with Crippen LogP contribution in [-0.4, -0.2) is 19.2 Å². The molecule has 0 atom stereocenters. The van der Waals surface area contributed by atoms with Gasteiger partial charge >= 0.3 is 0 Å². The first-order valence-electron chi connectivity index (χ1n) is 7.06. The minimum absolute atomic E-state index is 0.819. The van der Waals surface area contributed by atoms with E-state index in [1.807, 2.05) is 66.9 Å². The van der Waals surface area contributed by atoms with Crippen LogP contribution >= 0.6 is 0 Å². The molecule has 1 aromatic heterocycles. The van der Waals surface area contributed by atoms with Gasteiger partial charge in [0.2, 0.25) is 0 Å². The summed E-state index contributed by atoms with van der Waals surface area (Å²) in [6.07, 6.45) is 1.86.